The zero-order valence-electron chi connectivity index (χ0n) is 10.5. The molecule has 0 aliphatic carbocycles. The second-order valence-electron chi connectivity index (χ2n) is 3.91. The molecule has 0 aromatic rings. The fourth-order valence-corrected chi connectivity index (χ4v) is 2.39. The van der Waals surface area contributed by atoms with E-state index >= 15 is 0 Å². The molecule has 0 rings (SSSR count). The molecule has 0 saturated heterocycles. The Morgan fingerprint density at radius 3 is 2.19 bits per heavy atom. The third-order valence-electron chi connectivity index (χ3n) is 2.54. The maximum absolute atomic E-state index is 10.9. The number of unbranched alkanes of at least 4 members (excludes halogenated alkanes) is 2. The van der Waals surface area contributed by atoms with E-state index in [4.69, 9.17) is 0 Å². The summed E-state index contributed by atoms with van der Waals surface area (Å²) in [4.78, 5) is 0. The van der Waals surface area contributed by atoms with E-state index in [9.17, 15) is 18.1 Å². The Morgan fingerprint density at radius 2 is 1.81 bits per heavy atom. The maximum Gasteiger partial charge on any atom is 1.00 e. The summed E-state index contributed by atoms with van der Waals surface area (Å²) in [5, 5.41) is 8.43. The van der Waals surface area contributed by atoms with Gasteiger partial charge in [0.1, 0.15) is 0 Å². The molecule has 0 aromatic carbocycles. The van der Waals surface area contributed by atoms with Gasteiger partial charge in [-0.1, -0.05) is 33.1 Å². The SMILES string of the molecule is CCCCCC(CC(O)CC)S(=O)(=O)[O-].[Na+]. The van der Waals surface area contributed by atoms with Crippen molar-refractivity contribution in [2.45, 2.75) is 63.7 Å². The normalized spacial score (nSPS) is 15.2. The minimum atomic E-state index is -4.26. The van der Waals surface area contributed by atoms with E-state index in [1.54, 1.807) is 6.92 Å². The molecule has 0 saturated carbocycles. The standard InChI is InChI=1S/C10H22O4S.Na/c1-3-5-6-7-10(15(12,13)14)8-9(11)4-2;/h9-11H,3-8H2,1-2H3,(H,12,13,14);/q;+1/p-1. The van der Waals surface area contributed by atoms with E-state index in [-0.39, 0.29) is 36.0 Å². The number of aliphatic hydroxyl groups is 1. The summed E-state index contributed by atoms with van der Waals surface area (Å²) in [5.74, 6) is 0. The topological polar surface area (TPSA) is 77.4 Å². The third kappa shape index (κ3) is 8.96. The molecular weight excluding hydrogens is 239 g/mol. The number of aliphatic hydroxyl groups excluding tert-OH is 1. The molecule has 2 unspecified atom stereocenters. The van der Waals surface area contributed by atoms with E-state index < -0.39 is 21.5 Å². The summed E-state index contributed by atoms with van der Waals surface area (Å²) in [5.41, 5.74) is 0. The fourth-order valence-electron chi connectivity index (χ4n) is 1.47. The molecule has 6 heteroatoms. The molecular formula is C10H21NaO4S. The van der Waals surface area contributed by atoms with Crippen molar-refractivity contribution in [1.82, 2.24) is 0 Å². The van der Waals surface area contributed by atoms with Gasteiger partial charge in [-0.05, 0) is 19.3 Å². The summed E-state index contributed by atoms with van der Waals surface area (Å²) in [6.45, 7) is 3.78. The molecule has 2 atom stereocenters. The zero-order valence-corrected chi connectivity index (χ0v) is 13.3. The molecule has 0 bridgehead atoms. The van der Waals surface area contributed by atoms with Crippen molar-refractivity contribution in [3.05, 3.63) is 0 Å². The predicted molar refractivity (Wildman–Crippen MR) is 58.5 cm³/mol. The van der Waals surface area contributed by atoms with Gasteiger partial charge < -0.3 is 9.66 Å². The Balaban J connectivity index is 0. The van der Waals surface area contributed by atoms with E-state index in [2.05, 4.69) is 0 Å². The number of hydrogen-bond acceptors (Lipinski definition) is 4. The summed E-state index contributed by atoms with van der Waals surface area (Å²) in [7, 11) is -4.26. The van der Waals surface area contributed by atoms with Gasteiger partial charge in [-0.15, -0.1) is 0 Å². The van der Waals surface area contributed by atoms with E-state index in [0.717, 1.165) is 19.3 Å². The molecule has 1 N–H and O–H groups in total. The Labute approximate surface area is 121 Å². The van der Waals surface area contributed by atoms with E-state index in [0.29, 0.717) is 12.8 Å². The van der Waals surface area contributed by atoms with Crippen LogP contribution in [0.3, 0.4) is 0 Å². The molecule has 0 amide bonds. The van der Waals surface area contributed by atoms with Crippen LogP contribution >= 0.6 is 0 Å². The minimum absolute atomic E-state index is 0. The third-order valence-corrected chi connectivity index (χ3v) is 3.79. The van der Waals surface area contributed by atoms with Crippen molar-refractivity contribution < 1.29 is 47.6 Å². The smallest absolute Gasteiger partial charge is 0.748 e. The van der Waals surface area contributed by atoms with Gasteiger partial charge in [0.2, 0.25) is 0 Å². The van der Waals surface area contributed by atoms with Crippen molar-refractivity contribution in [3.63, 3.8) is 0 Å². The van der Waals surface area contributed by atoms with Gasteiger partial charge in [-0.25, -0.2) is 8.42 Å². The van der Waals surface area contributed by atoms with Crippen LogP contribution in [0.4, 0.5) is 0 Å². The van der Waals surface area contributed by atoms with Crippen molar-refractivity contribution in [2.75, 3.05) is 0 Å². The first-order chi connectivity index (χ1) is 6.91. The second-order valence-corrected chi connectivity index (χ2v) is 5.56. The van der Waals surface area contributed by atoms with Gasteiger partial charge in [-0.2, -0.15) is 0 Å². The first kappa shape index (κ1) is 19.2. The maximum atomic E-state index is 10.9. The molecule has 16 heavy (non-hydrogen) atoms. The van der Waals surface area contributed by atoms with Crippen LogP contribution < -0.4 is 29.6 Å². The predicted octanol–water partition coefficient (Wildman–Crippen LogP) is -1.35. The molecule has 0 spiro atoms. The Kier molecular flexibility index (Phi) is 11.8. The molecule has 0 aliphatic heterocycles. The fraction of sp³-hybridized carbons (Fsp3) is 1.00. The van der Waals surface area contributed by atoms with Gasteiger partial charge in [0, 0.05) is 0 Å². The summed E-state index contributed by atoms with van der Waals surface area (Å²) in [6, 6.07) is 0. The first-order valence-electron chi connectivity index (χ1n) is 5.54. The van der Waals surface area contributed by atoms with Gasteiger partial charge in [-0.3, -0.25) is 0 Å². The average molecular weight is 260 g/mol. The molecule has 0 fully saturated rings. The summed E-state index contributed by atoms with van der Waals surface area (Å²) >= 11 is 0. The summed E-state index contributed by atoms with van der Waals surface area (Å²) in [6.07, 6.45) is 2.90. The number of rotatable bonds is 8. The van der Waals surface area contributed by atoms with Crippen molar-refractivity contribution >= 4 is 10.1 Å². The quantitative estimate of drug-likeness (QED) is 0.332. The first-order valence-corrected chi connectivity index (χ1v) is 7.01. The van der Waals surface area contributed by atoms with Crippen LogP contribution in [0, 0.1) is 0 Å². The molecule has 4 nitrogen and oxygen atoms in total. The van der Waals surface area contributed by atoms with Crippen molar-refractivity contribution in [3.8, 4) is 0 Å². The van der Waals surface area contributed by atoms with Crippen LogP contribution in [0.5, 0.6) is 0 Å². The van der Waals surface area contributed by atoms with Crippen LogP contribution in [0.15, 0.2) is 0 Å². The van der Waals surface area contributed by atoms with Crippen LogP contribution in [0.2, 0.25) is 0 Å². The second kappa shape index (κ2) is 9.85. The molecule has 0 radical (unpaired) electrons. The van der Waals surface area contributed by atoms with Crippen LogP contribution in [-0.4, -0.2) is 29.4 Å². The molecule has 92 valence electrons. The van der Waals surface area contributed by atoms with Gasteiger partial charge in [0.25, 0.3) is 0 Å². The zero-order chi connectivity index (χ0) is 11.9. The van der Waals surface area contributed by atoms with Crippen LogP contribution in [0.1, 0.15) is 52.4 Å². The largest absolute Gasteiger partial charge is 1.00 e. The Bertz CT molecular complexity index is 254. The average Bonchev–Trinajstić information content (AvgIpc) is 2.14. The van der Waals surface area contributed by atoms with E-state index in [1.807, 2.05) is 6.92 Å². The van der Waals surface area contributed by atoms with Gasteiger partial charge in [0.05, 0.1) is 21.5 Å². The van der Waals surface area contributed by atoms with Crippen molar-refractivity contribution in [1.29, 1.82) is 0 Å². The summed E-state index contributed by atoms with van der Waals surface area (Å²) < 4.78 is 32.7. The van der Waals surface area contributed by atoms with Gasteiger partial charge in [0.15, 0.2) is 0 Å². The molecule has 0 aromatic heterocycles. The van der Waals surface area contributed by atoms with Gasteiger partial charge >= 0.3 is 29.6 Å². The molecule has 0 heterocycles. The van der Waals surface area contributed by atoms with Crippen molar-refractivity contribution in [2.24, 2.45) is 0 Å². The minimum Gasteiger partial charge on any atom is -0.748 e. The molecule has 0 aliphatic rings. The van der Waals surface area contributed by atoms with Crippen LogP contribution in [0.25, 0.3) is 0 Å². The number of hydrogen-bond donors (Lipinski definition) is 1. The van der Waals surface area contributed by atoms with E-state index in [1.165, 1.54) is 0 Å². The Hall–Kier alpha value is 0.870. The van der Waals surface area contributed by atoms with Crippen LogP contribution in [-0.2, 0) is 10.1 Å². The Morgan fingerprint density at radius 1 is 1.25 bits per heavy atom. The monoisotopic (exact) mass is 260 g/mol.